The first kappa shape index (κ1) is 13.7. The van der Waals surface area contributed by atoms with Crippen molar-refractivity contribution in [2.24, 2.45) is 0 Å². The lowest BCUT2D eigenvalue weighted by atomic mass is 10.1. The molecule has 4 nitrogen and oxygen atoms in total. The molecule has 0 spiro atoms. The summed E-state index contributed by atoms with van der Waals surface area (Å²) in [6.07, 6.45) is 2.60. The second-order valence-corrected chi connectivity index (χ2v) is 6.37. The Morgan fingerprint density at radius 1 is 1.30 bits per heavy atom. The number of ether oxygens (including phenoxy) is 1. The Kier molecular flexibility index (Phi) is 3.85. The number of fused-ring (bicyclic) bond motifs is 1. The number of nitrogens with two attached hydrogens (primary N) is 1. The summed E-state index contributed by atoms with van der Waals surface area (Å²) < 4.78 is 7.63. The van der Waals surface area contributed by atoms with E-state index in [1.165, 1.54) is 5.56 Å². The van der Waals surface area contributed by atoms with Gasteiger partial charge in [-0.25, -0.2) is 4.98 Å². The lowest BCUT2D eigenvalue weighted by Crippen LogP contribution is -2.04. The minimum absolute atomic E-state index is 0.633. The van der Waals surface area contributed by atoms with E-state index in [-0.39, 0.29) is 0 Å². The van der Waals surface area contributed by atoms with Gasteiger partial charge in [-0.1, -0.05) is 15.9 Å². The molecule has 0 amide bonds. The number of aromatic nitrogens is 1. The predicted molar refractivity (Wildman–Crippen MR) is 87.0 cm³/mol. The molecule has 1 aliphatic heterocycles. The number of pyridine rings is 1. The van der Waals surface area contributed by atoms with Crippen molar-refractivity contribution < 1.29 is 4.74 Å². The SMILES string of the molecule is Nc1cnc(NCc2cc(Br)cc3c2OCC3)c(Br)c1. The van der Waals surface area contributed by atoms with E-state index in [2.05, 4.69) is 54.3 Å². The maximum atomic E-state index is 5.71. The molecule has 104 valence electrons. The fourth-order valence-corrected chi connectivity index (χ4v) is 3.30. The lowest BCUT2D eigenvalue weighted by Gasteiger charge is -2.12. The quantitative estimate of drug-likeness (QED) is 0.826. The summed E-state index contributed by atoms with van der Waals surface area (Å²) in [7, 11) is 0. The molecule has 3 rings (SSSR count). The molecule has 0 radical (unpaired) electrons. The smallest absolute Gasteiger partial charge is 0.140 e. The minimum Gasteiger partial charge on any atom is -0.493 e. The highest BCUT2D eigenvalue weighted by molar-refractivity contribution is 9.10. The molecular weight excluding hydrogens is 386 g/mol. The van der Waals surface area contributed by atoms with Gasteiger partial charge in [-0.05, 0) is 39.7 Å². The maximum Gasteiger partial charge on any atom is 0.140 e. The lowest BCUT2D eigenvalue weighted by molar-refractivity contribution is 0.354. The van der Waals surface area contributed by atoms with E-state index in [1.54, 1.807) is 6.20 Å². The Morgan fingerprint density at radius 2 is 2.15 bits per heavy atom. The summed E-state index contributed by atoms with van der Waals surface area (Å²) in [4.78, 5) is 4.27. The van der Waals surface area contributed by atoms with E-state index < -0.39 is 0 Å². The number of benzene rings is 1. The van der Waals surface area contributed by atoms with E-state index in [0.717, 1.165) is 39.1 Å². The van der Waals surface area contributed by atoms with Crippen LogP contribution in [0.4, 0.5) is 11.5 Å². The largest absolute Gasteiger partial charge is 0.493 e. The van der Waals surface area contributed by atoms with Gasteiger partial charge in [0.25, 0.3) is 0 Å². The van der Waals surface area contributed by atoms with Crippen LogP contribution in [-0.4, -0.2) is 11.6 Å². The first-order valence-electron chi connectivity index (χ1n) is 6.22. The highest BCUT2D eigenvalue weighted by atomic mass is 79.9. The zero-order valence-electron chi connectivity index (χ0n) is 10.6. The molecular formula is C14H13Br2N3O. The van der Waals surface area contributed by atoms with Gasteiger partial charge in [0, 0.05) is 23.0 Å². The Bertz CT molecular complexity index is 661. The molecule has 0 aliphatic carbocycles. The summed E-state index contributed by atoms with van der Waals surface area (Å²) in [5.41, 5.74) is 8.69. The van der Waals surface area contributed by atoms with Crippen LogP contribution in [0.3, 0.4) is 0 Å². The molecule has 3 N–H and O–H groups in total. The van der Waals surface area contributed by atoms with Gasteiger partial charge in [0.05, 0.1) is 23.0 Å². The third kappa shape index (κ3) is 2.76. The number of rotatable bonds is 3. The highest BCUT2D eigenvalue weighted by Gasteiger charge is 2.17. The average Bonchev–Trinajstić information content (AvgIpc) is 2.85. The third-order valence-electron chi connectivity index (χ3n) is 3.13. The number of anilines is 2. The summed E-state index contributed by atoms with van der Waals surface area (Å²) in [6.45, 7) is 1.40. The van der Waals surface area contributed by atoms with Crippen molar-refractivity contribution in [1.29, 1.82) is 0 Å². The van der Waals surface area contributed by atoms with Crippen molar-refractivity contribution in [2.75, 3.05) is 17.7 Å². The van der Waals surface area contributed by atoms with Crippen LogP contribution in [0.25, 0.3) is 0 Å². The van der Waals surface area contributed by atoms with E-state index in [1.807, 2.05) is 6.07 Å². The monoisotopic (exact) mass is 397 g/mol. The van der Waals surface area contributed by atoms with Crippen molar-refractivity contribution in [1.82, 2.24) is 4.98 Å². The van der Waals surface area contributed by atoms with Crippen molar-refractivity contribution in [3.8, 4) is 5.75 Å². The van der Waals surface area contributed by atoms with E-state index >= 15 is 0 Å². The van der Waals surface area contributed by atoms with Crippen molar-refractivity contribution >= 4 is 43.4 Å². The number of halogens is 2. The topological polar surface area (TPSA) is 60.2 Å². The molecule has 1 aromatic heterocycles. The molecule has 0 bridgehead atoms. The standard InChI is InChI=1S/C14H13Br2N3O/c15-10-3-8-1-2-20-13(8)9(4-10)6-18-14-12(16)5-11(17)7-19-14/h3-5,7H,1-2,6,17H2,(H,18,19). The normalized spacial score (nSPS) is 12.9. The Balaban J connectivity index is 1.82. The average molecular weight is 399 g/mol. The van der Waals surface area contributed by atoms with Crippen LogP contribution >= 0.6 is 31.9 Å². The van der Waals surface area contributed by atoms with E-state index in [4.69, 9.17) is 10.5 Å². The first-order valence-corrected chi connectivity index (χ1v) is 7.81. The molecule has 0 atom stereocenters. The van der Waals surface area contributed by atoms with Gasteiger partial charge in [-0.15, -0.1) is 0 Å². The number of nitrogen functional groups attached to an aromatic ring is 1. The van der Waals surface area contributed by atoms with Gasteiger partial charge in [-0.2, -0.15) is 0 Å². The van der Waals surface area contributed by atoms with Crippen molar-refractivity contribution in [3.63, 3.8) is 0 Å². The van der Waals surface area contributed by atoms with Crippen LogP contribution in [0, 0.1) is 0 Å². The molecule has 0 saturated heterocycles. The molecule has 0 saturated carbocycles. The number of hydrogen-bond acceptors (Lipinski definition) is 4. The Morgan fingerprint density at radius 3 is 2.95 bits per heavy atom. The maximum absolute atomic E-state index is 5.71. The molecule has 2 heterocycles. The molecule has 1 aliphatic rings. The number of hydrogen-bond donors (Lipinski definition) is 2. The summed E-state index contributed by atoms with van der Waals surface area (Å²) >= 11 is 6.99. The molecule has 1 aromatic carbocycles. The third-order valence-corrected chi connectivity index (χ3v) is 4.20. The van der Waals surface area contributed by atoms with Crippen LogP contribution in [0.2, 0.25) is 0 Å². The number of nitrogens with one attached hydrogen (secondary N) is 1. The van der Waals surface area contributed by atoms with E-state index in [9.17, 15) is 0 Å². The van der Waals surface area contributed by atoms with Gasteiger partial charge in [-0.3, -0.25) is 0 Å². The zero-order valence-corrected chi connectivity index (χ0v) is 13.8. The van der Waals surface area contributed by atoms with Crippen LogP contribution in [0.15, 0.2) is 33.3 Å². The van der Waals surface area contributed by atoms with Crippen molar-refractivity contribution in [3.05, 3.63) is 44.5 Å². The summed E-state index contributed by atoms with van der Waals surface area (Å²) in [6, 6.07) is 6.02. The van der Waals surface area contributed by atoms with Gasteiger partial charge in [0.15, 0.2) is 0 Å². The van der Waals surface area contributed by atoms with Crippen LogP contribution in [0.1, 0.15) is 11.1 Å². The fourth-order valence-electron chi connectivity index (χ4n) is 2.24. The van der Waals surface area contributed by atoms with Crippen molar-refractivity contribution in [2.45, 2.75) is 13.0 Å². The Hall–Kier alpha value is -1.27. The molecule has 0 fully saturated rings. The fraction of sp³-hybridized carbons (Fsp3) is 0.214. The second kappa shape index (κ2) is 5.61. The molecule has 0 unspecified atom stereocenters. The summed E-state index contributed by atoms with van der Waals surface area (Å²) in [5, 5.41) is 3.30. The molecule has 2 aromatic rings. The van der Waals surface area contributed by atoms with Crippen LogP contribution in [0.5, 0.6) is 5.75 Å². The van der Waals surface area contributed by atoms with E-state index in [0.29, 0.717) is 12.2 Å². The summed E-state index contributed by atoms with van der Waals surface area (Å²) in [5.74, 6) is 1.76. The number of nitrogens with zero attached hydrogens (tertiary/aromatic N) is 1. The zero-order chi connectivity index (χ0) is 14.1. The second-order valence-electron chi connectivity index (χ2n) is 4.60. The highest BCUT2D eigenvalue weighted by Crippen LogP contribution is 2.33. The van der Waals surface area contributed by atoms with Gasteiger partial charge < -0.3 is 15.8 Å². The molecule has 6 heteroatoms. The van der Waals surface area contributed by atoms with Crippen LogP contribution in [-0.2, 0) is 13.0 Å². The van der Waals surface area contributed by atoms with Gasteiger partial charge >= 0.3 is 0 Å². The van der Waals surface area contributed by atoms with Crippen LogP contribution < -0.4 is 15.8 Å². The predicted octanol–water partition coefficient (Wildman–Crippen LogP) is 3.74. The Labute approximate surface area is 134 Å². The first-order chi connectivity index (χ1) is 9.63. The van der Waals surface area contributed by atoms with Gasteiger partial charge in [0.2, 0.25) is 0 Å². The molecule has 20 heavy (non-hydrogen) atoms. The minimum atomic E-state index is 0.633. The van der Waals surface area contributed by atoms with Gasteiger partial charge in [0.1, 0.15) is 11.6 Å².